The molecular weight excluding hydrogens is 440 g/mol. The summed E-state index contributed by atoms with van der Waals surface area (Å²) in [6, 6.07) is 15.0. The first-order valence-electron chi connectivity index (χ1n) is 8.61. The van der Waals surface area contributed by atoms with Gasteiger partial charge in [0, 0.05) is 22.4 Å². The molecule has 28 heavy (non-hydrogen) atoms. The number of oxazole rings is 1. The van der Waals surface area contributed by atoms with Gasteiger partial charge in [-0.3, -0.25) is 4.99 Å². The summed E-state index contributed by atoms with van der Waals surface area (Å²) >= 11 is 9.33. The summed E-state index contributed by atoms with van der Waals surface area (Å²) in [5.74, 6) is 0.680. The number of nitrogens with zero attached hydrogens (tertiary/aromatic N) is 2. The summed E-state index contributed by atoms with van der Waals surface area (Å²) in [5.41, 5.74) is 5.93. The topological polar surface area (TPSA) is 58.6 Å². The second-order valence-electron chi connectivity index (χ2n) is 6.58. The Hall–Kier alpha value is -2.63. The molecule has 140 valence electrons. The van der Waals surface area contributed by atoms with E-state index >= 15 is 0 Å². The number of aromatic hydroxyl groups is 1. The smallest absolute Gasteiger partial charge is 0.227 e. The van der Waals surface area contributed by atoms with Crippen LogP contribution in [0.4, 0.5) is 5.69 Å². The number of fused-ring (bicyclic) bond motifs is 1. The summed E-state index contributed by atoms with van der Waals surface area (Å²) in [5, 5.41) is 10.7. The molecule has 1 aromatic heterocycles. The van der Waals surface area contributed by atoms with Gasteiger partial charge in [-0.15, -0.1) is 0 Å². The molecule has 0 aliphatic carbocycles. The Kier molecular flexibility index (Phi) is 4.96. The van der Waals surface area contributed by atoms with Gasteiger partial charge in [-0.25, -0.2) is 4.98 Å². The van der Waals surface area contributed by atoms with E-state index in [1.165, 1.54) is 0 Å². The van der Waals surface area contributed by atoms with Gasteiger partial charge >= 0.3 is 0 Å². The molecule has 4 nitrogen and oxygen atoms in total. The van der Waals surface area contributed by atoms with Crippen LogP contribution in [0.5, 0.6) is 5.75 Å². The van der Waals surface area contributed by atoms with E-state index in [4.69, 9.17) is 16.0 Å². The number of aromatic nitrogens is 1. The number of aliphatic imine (C=N–C) groups is 1. The molecule has 0 amide bonds. The maximum Gasteiger partial charge on any atom is 0.227 e. The lowest BCUT2D eigenvalue weighted by Gasteiger charge is -2.04. The fourth-order valence-corrected chi connectivity index (χ4v) is 3.75. The highest BCUT2D eigenvalue weighted by molar-refractivity contribution is 9.10. The van der Waals surface area contributed by atoms with E-state index < -0.39 is 0 Å². The molecule has 0 fully saturated rings. The van der Waals surface area contributed by atoms with E-state index in [1.54, 1.807) is 18.3 Å². The fourth-order valence-electron chi connectivity index (χ4n) is 2.92. The van der Waals surface area contributed by atoms with Crippen LogP contribution in [-0.2, 0) is 0 Å². The van der Waals surface area contributed by atoms with Gasteiger partial charge in [0.05, 0.1) is 10.2 Å². The van der Waals surface area contributed by atoms with Crippen molar-refractivity contribution < 1.29 is 9.52 Å². The number of hydrogen-bond donors (Lipinski definition) is 1. The van der Waals surface area contributed by atoms with Crippen molar-refractivity contribution in [3.8, 4) is 17.2 Å². The van der Waals surface area contributed by atoms with E-state index in [0.717, 1.165) is 33.5 Å². The average molecular weight is 456 g/mol. The predicted molar refractivity (Wildman–Crippen MR) is 117 cm³/mol. The Morgan fingerprint density at radius 1 is 1.11 bits per heavy atom. The minimum absolute atomic E-state index is 0.101. The number of benzene rings is 3. The maximum absolute atomic E-state index is 10.1. The largest absolute Gasteiger partial charge is 0.506 e. The maximum atomic E-state index is 10.1. The summed E-state index contributed by atoms with van der Waals surface area (Å²) in [6.07, 6.45) is 1.59. The minimum Gasteiger partial charge on any atom is -0.506 e. The third-order valence-electron chi connectivity index (χ3n) is 4.39. The number of rotatable bonds is 3. The van der Waals surface area contributed by atoms with E-state index in [-0.39, 0.29) is 5.75 Å². The number of aryl methyl sites for hydroxylation is 2. The molecule has 0 aliphatic rings. The molecule has 6 heteroatoms. The van der Waals surface area contributed by atoms with Gasteiger partial charge in [-0.05, 0) is 83.4 Å². The standard InChI is InChI=1S/C22H16BrClN2O2/c1-12-3-6-20-19(7-12)26-22(28-20)14-4-5-18(13(2)8-14)25-11-15-9-16(24)10-17(23)21(15)27/h3-11,27H,1-2H3. The molecule has 4 aromatic rings. The molecule has 1 N–H and O–H groups in total. The lowest BCUT2D eigenvalue weighted by atomic mass is 10.1. The van der Waals surface area contributed by atoms with Crippen LogP contribution < -0.4 is 0 Å². The number of hydrogen-bond acceptors (Lipinski definition) is 4. The van der Waals surface area contributed by atoms with Crippen molar-refractivity contribution in [2.75, 3.05) is 0 Å². The third-order valence-corrected chi connectivity index (χ3v) is 5.21. The lowest BCUT2D eigenvalue weighted by molar-refractivity contribution is 0.471. The van der Waals surface area contributed by atoms with Gasteiger partial charge in [-0.2, -0.15) is 0 Å². The quantitative estimate of drug-likeness (QED) is 0.339. The van der Waals surface area contributed by atoms with Crippen molar-refractivity contribution in [1.82, 2.24) is 4.98 Å². The molecule has 0 saturated heterocycles. The predicted octanol–water partition coefficient (Wildman–Crippen LogP) is 6.98. The Balaban J connectivity index is 1.66. The van der Waals surface area contributed by atoms with Gasteiger partial charge < -0.3 is 9.52 Å². The van der Waals surface area contributed by atoms with Crippen LogP contribution in [0.15, 0.2) is 62.4 Å². The highest BCUT2D eigenvalue weighted by Crippen LogP contribution is 2.32. The van der Waals surface area contributed by atoms with Crippen molar-refractivity contribution in [2.24, 2.45) is 4.99 Å². The Labute approximate surface area is 175 Å². The molecule has 0 saturated carbocycles. The van der Waals surface area contributed by atoms with Crippen LogP contribution in [0.1, 0.15) is 16.7 Å². The number of halogens is 2. The zero-order chi connectivity index (χ0) is 19.8. The van der Waals surface area contributed by atoms with E-state index in [1.807, 2.05) is 50.2 Å². The van der Waals surface area contributed by atoms with Gasteiger partial charge in [0.1, 0.15) is 11.3 Å². The van der Waals surface area contributed by atoms with Crippen LogP contribution >= 0.6 is 27.5 Å². The first-order chi connectivity index (χ1) is 13.4. The van der Waals surface area contributed by atoms with Gasteiger partial charge in [0.25, 0.3) is 0 Å². The molecule has 3 aromatic carbocycles. The van der Waals surface area contributed by atoms with Gasteiger partial charge in [-0.1, -0.05) is 17.7 Å². The molecule has 0 bridgehead atoms. The highest BCUT2D eigenvalue weighted by Gasteiger charge is 2.10. The van der Waals surface area contributed by atoms with Crippen LogP contribution in [-0.4, -0.2) is 16.3 Å². The first-order valence-corrected chi connectivity index (χ1v) is 9.78. The van der Waals surface area contributed by atoms with E-state index in [0.29, 0.717) is 20.9 Å². The number of phenolic OH excluding ortho intramolecular Hbond substituents is 1. The summed E-state index contributed by atoms with van der Waals surface area (Å²) in [4.78, 5) is 9.07. The van der Waals surface area contributed by atoms with Crippen LogP contribution in [0.25, 0.3) is 22.6 Å². The zero-order valence-corrected chi connectivity index (χ0v) is 17.5. The van der Waals surface area contributed by atoms with Crippen molar-refractivity contribution in [1.29, 1.82) is 0 Å². The fraction of sp³-hybridized carbons (Fsp3) is 0.0909. The molecule has 0 unspecified atom stereocenters. The van der Waals surface area contributed by atoms with Crippen molar-refractivity contribution in [2.45, 2.75) is 13.8 Å². The van der Waals surface area contributed by atoms with Crippen LogP contribution in [0.3, 0.4) is 0 Å². The van der Waals surface area contributed by atoms with Gasteiger partial charge in [0.2, 0.25) is 5.89 Å². The normalized spacial score (nSPS) is 11.6. The molecule has 0 aliphatic heterocycles. The van der Waals surface area contributed by atoms with Crippen LogP contribution in [0, 0.1) is 13.8 Å². The second kappa shape index (κ2) is 7.41. The average Bonchev–Trinajstić information content (AvgIpc) is 3.07. The molecular formula is C22H16BrClN2O2. The Morgan fingerprint density at radius 2 is 1.93 bits per heavy atom. The molecule has 4 rings (SSSR count). The van der Waals surface area contributed by atoms with Crippen molar-refractivity contribution >= 4 is 50.5 Å². The summed E-state index contributed by atoms with van der Waals surface area (Å²) in [7, 11) is 0. The van der Waals surface area contributed by atoms with Crippen molar-refractivity contribution in [3.05, 3.63) is 74.7 Å². The molecule has 1 heterocycles. The lowest BCUT2D eigenvalue weighted by Crippen LogP contribution is -1.85. The monoisotopic (exact) mass is 454 g/mol. The summed E-state index contributed by atoms with van der Waals surface area (Å²) < 4.78 is 6.40. The van der Waals surface area contributed by atoms with Crippen LogP contribution in [0.2, 0.25) is 5.02 Å². The van der Waals surface area contributed by atoms with E-state index in [9.17, 15) is 5.11 Å². The number of phenols is 1. The Bertz CT molecular complexity index is 1230. The highest BCUT2D eigenvalue weighted by atomic mass is 79.9. The molecule has 0 atom stereocenters. The minimum atomic E-state index is 0.101. The van der Waals surface area contributed by atoms with Crippen molar-refractivity contribution in [3.63, 3.8) is 0 Å². The summed E-state index contributed by atoms with van der Waals surface area (Å²) in [6.45, 7) is 4.00. The molecule has 0 spiro atoms. The Morgan fingerprint density at radius 3 is 2.71 bits per heavy atom. The molecule has 0 radical (unpaired) electrons. The van der Waals surface area contributed by atoms with Gasteiger partial charge in [0.15, 0.2) is 5.58 Å². The SMILES string of the molecule is Cc1ccc2oc(-c3ccc(N=Cc4cc(Cl)cc(Br)c4O)c(C)c3)nc2c1. The second-order valence-corrected chi connectivity index (χ2v) is 7.87. The third kappa shape index (κ3) is 3.68. The first kappa shape index (κ1) is 18.7. The zero-order valence-electron chi connectivity index (χ0n) is 15.2. The van der Waals surface area contributed by atoms with E-state index in [2.05, 4.69) is 25.9 Å².